The van der Waals surface area contributed by atoms with E-state index in [0.717, 1.165) is 0 Å². The first kappa shape index (κ1) is 24.0. The zero-order chi connectivity index (χ0) is 20.8. The van der Waals surface area contributed by atoms with Crippen LogP contribution in [0.2, 0.25) is 0 Å². The maximum Gasteiger partial charge on any atom is 1.00 e. The maximum absolute atomic E-state index is 12.4. The Kier molecular flexibility index (Phi) is 7.28. The first-order chi connectivity index (χ1) is 13.1. The van der Waals surface area contributed by atoms with Gasteiger partial charge in [0.05, 0.1) is 24.0 Å². The van der Waals surface area contributed by atoms with E-state index in [0.29, 0.717) is 4.90 Å². The van der Waals surface area contributed by atoms with Crippen LogP contribution in [0.1, 0.15) is 11.7 Å². The van der Waals surface area contributed by atoms with Gasteiger partial charge in [0.1, 0.15) is 11.8 Å². The standard InChI is InChI=1S/C16H16N2O9S.K/c19-5-8-6-28(26,27)15-10(14(23)18(15)11(8)16(24)25)17-13(22)12(21)7-1-3-9(20)4-2-7;/h1-4,10,12,15,19-21H,5-6H2,(H,17,22)(H,24,25);/q;+1/p-1/t10-,12?,15-;/m0./s1. The number of aliphatic hydroxyl groups excluding tert-OH is 2. The number of carboxylic acids is 1. The van der Waals surface area contributed by atoms with Crippen LogP contribution in [0, 0.1) is 0 Å². The number of aromatic hydroxyl groups is 1. The number of phenolic OH excluding ortho intramolecular Hbond substituents is 1. The van der Waals surface area contributed by atoms with E-state index in [9.17, 15) is 43.2 Å². The average Bonchev–Trinajstić information content (AvgIpc) is 2.64. The minimum absolute atomic E-state index is 0. The number of sulfone groups is 1. The first-order valence-electron chi connectivity index (χ1n) is 7.94. The Hall–Kier alpha value is -1.32. The van der Waals surface area contributed by atoms with E-state index in [1.165, 1.54) is 24.3 Å². The molecule has 1 unspecified atom stereocenters. The van der Waals surface area contributed by atoms with E-state index in [-0.39, 0.29) is 62.7 Å². The van der Waals surface area contributed by atoms with Gasteiger partial charge in [-0.1, -0.05) is 12.1 Å². The van der Waals surface area contributed by atoms with Crippen LogP contribution in [0.3, 0.4) is 0 Å². The second kappa shape index (κ2) is 8.81. The molecule has 2 amide bonds. The minimum atomic E-state index is -4.11. The number of nitrogens with one attached hydrogen (secondary N) is 1. The molecule has 0 aliphatic carbocycles. The topological polar surface area (TPSA) is 184 Å². The van der Waals surface area contributed by atoms with Gasteiger partial charge in [0.2, 0.25) is 0 Å². The molecule has 2 heterocycles. The molecule has 0 bridgehead atoms. The zero-order valence-electron chi connectivity index (χ0n) is 15.1. The Labute approximate surface area is 207 Å². The number of carboxylic acid groups (broad SMARTS) is 1. The van der Waals surface area contributed by atoms with Crippen LogP contribution in [-0.2, 0) is 24.2 Å². The molecular formula is C16H15KN2O9S. The summed E-state index contributed by atoms with van der Waals surface area (Å²) in [5, 5.41) is 40.2. The van der Waals surface area contributed by atoms with Gasteiger partial charge in [0.25, 0.3) is 11.8 Å². The monoisotopic (exact) mass is 450 g/mol. The Morgan fingerprint density at radius 1 is 1.28 bits per heavy atom. The second-order valence-corrected chi connectivity index (χ2v) is 8.38. The van der Waals surface area contributed by atoms with Crippen LogP contribution in [-0.4, -0.2) is 70.2 Å². The van der Waals surface area contributed by atoms with Crippen molar-refractivity contribution < 1.29 is 94.6 Å². The number of nitrogens with zero attached hydrogens (tertiary/aromatic N) is 1. The van der Waals surface area contributed by atoms with Crippen LogP contribution < -0.4 is 61.8 Å². The van der Waals surface area contributed by atoms with Gasteiger partial charge in [-0.25, -0.2) is 8.42 Å². The average molecular weight is 450 g/mol. The third-order valence-corrected chi connectivity index (χ3v) is 6.47. The molecule has 13 heteroatoms. The van der Waals surface area contributed by atoms with Crippen LogP contribution in [0.15, 0.2) is 35.5 Å². The van der Waals surface area contributed by atoms with Crippen molar-refractivity contribution in [3.8, 4) is 5.75 Å². The summed E-state index contributed by atoms with van der Waals surface area (Å²) in [6.07, 6.45) is -1.75. The van der Waals surface area contributed by atoms with Crippen molar-refractivity contribution in [3.05, 3.63) is 41.1 Å². The van der Waals surface area contributed by atoms with Crippen molar-refractivity contribution in [2.45, 2.75) is 17.5 Å². The first-order valence-corrected chi connectivity index (χ1v) is 9.66. The molecule has 2 aliphatic rings. The Bertz CT molecular complexity index is 990. The van der Waals surface area contributed by atoms with Gasteiger partial charge in [-0.05, 0) is 23.3 Å². The van der Waals surface area contributed by atoms with Crippen molar-refractivity contribution in [3.63, 3.8) is 0 Å². The number of hydrogen-bond donors (Lipinski definition) is 4. The number of amides is 2. The fourth-order valence-electron chi connectivity index (χ4n) is 3.17. The number of aliphatic carboxylic acids is 1. The van der Waals surface area contributed by atoms with Crippen LogP contribution in [0.25, 0.3) is 0 Å². The summed E-state index contributed by atoms with van der Waals surface area (Å²) in [4.78, 5) is 36.3. The third kappa shape index (κ3) is 4.27. The molecule has 3 atom stereocenters. The molecular weight excluding hydrogens is 435 g/mol. The van der Waals surface area contributed by atoms with Crippen LogP contribution in [0.5, 0.6) is 5.75 Å². The van der Waals surface area contributed by atoms with Gasteiger partial charge < -0.3 is 30.5 Å². The summed E-state index contributed by atoms with van der Waals surface area (Å²) in [5.74, 6) is -4.84. The van der Waals surface area contributed by atoms with Crippen molar-refractivity contribution in [1.82, 2.24) is 10.2 Å². The fourth-order valence-corrected chi connectivity index (χ4v) is 5.19. The number of carbonyl (C=O) groups excluding carboxylic acids is 3. The molecule has 1 aromatic rings. The van der Waals surface area contributed by atoms with Gasteiger partial charge in [-0.3, -0.25) is 14.5 Å². The number of β-lactam (4-membered cyclic amide) rings is 1. The zero-order valence-corrected chi connectivity index (χ0v) is 19.0. The molecule has 0 spiro atoms. The maximum atomic E-state index is 12.4. The number of fused-ring (bicyclic) bond motifs is 1. The second-order valence-electron chi connectivity index (χ2n) is 6.28. The van der Waals surface area contributed by atoms with E-state index in [4.69, 9.17) is 0 Å². The van der Waals surface area contributed by atoms with Crippen molar-refractivity contribution in [2.75, 3.05) is 12.4 Å². The summed E-state index contributed by atoms with van der Waals surface area (Å²) < 4.78 is 24.8. The van der Waals surface area contributed by atoms with Crippen molar-refractivity contribution in [1.29, 1.82) is 0 Å². The molecule has 4 N–H and O–H groups in total. The fraction of sp³-hybridized carbons (Fsp3) is 0.312. The van der Waals surface area contributed by atoms with E-state index in [2.05, 4.69) is 5.32 Å². The molecule has 11 nitrogen and oxygen atoms in total. The Morgan fingerprint density at radius 2 is 1.86 bits per heavy atom. The van der Waals surface area contributed by atoms with Crippen molar-refractivity contribution >= 4 is 27.6 Å². The molecule has 29 heavy (non-hydrogen) atoms. The van der Waals surface area contributed by atoms with Gasteiger partial charge in [0.15, 0.2) is 21.3 Å². The van der Waals surface area contributed by atoms with E-state index >= 15 is 0 Å². The van der Waals surface area contributed by atoms with Crippen LogP contribution in [0.4, 0.5) is 0 Å². The van der Waals surface area contributed by atoms with Gasteiger partial charge in [-0.15, -0.1) is 0 Å². The SMILES string of the molecule is O=C([O-])C1=C(CO)CS(=O)(=O)[C@H]2[C@@H](NC(=O)C(O)c3ccc(O)cc3)C(=O)N12.[K+]. The molecule has 0 aromatic heterocycles. The number of phenols is 1. The smallest absolute Gasteiger partial charge is 0.543 e. The van der Waals surface area contributed by atoms with Crippen molar-refractivity contribution in [2.24, 2.45) is 0 Å². The molecule has 2 aliphatic heterocycles. The number of benzene rings is 1. The van der Waals surface area contributed by atoms with E-state index in [1.54, 1.807) is 0 Å². The van der Waals surface area contributed by atoms with Gasteiger partial charge in [0, 0.05) is 0 Å². The summed E-state index contributed by atoms with van der Waals surface area (Å²) in [6.45, 7) is -0.893. The number of carbonyl (C=O) groups is 3. The minimum Gasteiger partial charge on any atom is -0.543 e. The third-order valence-electron chi connectivity index (χ3n) is 4.50. The van der Waals surface area contributed by atoms with Gasteiger partial charge in [-0.2, -0.15) is 0 Å². The molecule has 1 fully saturated rings. The Balaban J connectivity index is 0.00000300. The molecule has 3 rings (SSSR count). The summed E-state index contributed by atoms with van der Waals surface area (Å²) in [7, 11) is -4.11. The molecule has 0 saturated carbocycles. The Morgan fingerprint density at radius 3 is 2.38 bits per heavy atom. The normalized spacial score (nSPS) is 23.4. The quantitative estimate of drug-likeness (QED) is 0.250. The summed E-state index contributed by atoms with van der Waals surface area (Å²) in [5.41, 5.74) is -1.04. The number of rotatable bonds is 5. The van der Waals surface area contributed by atoms with Crippen LogP contribution >= 0.6 is 0 Å². The summed E-state index contributed by atoms with van der Waals surface area (Å²) >= 11 is 0. The predicted molar refractivity (Wildman–Crippen MR) is 88.5 cm³/mol. The molecule has 1 saturated heterocycles. The van der Waals surface area contributed by atoms with Gasteiger partial charge >= 0.3 is 51.4 Å². The molecule has 150 valence electrons. The molecule has 0 radical (unpaired) electrons. The number of aliphatic hydroxyl groups is 2. The number of hydrogen-bond acceptors (Lipinski definition) is 9. The van der Waals surface area contributed by atoms with E-state index < -0.39 is 68.8 Å². The summed E-state index contributed by atoms with van der Waals surface area (Å²) in [6, 6.07) is 3.37. The predicted octanol–water partition coefficient (Wildman–Crippen LogP) is -6.49. The largest absolute Gasteiger partial charge is 1.00 e. The van der Waals surface area contributed by atoms with E-state index in [1.807, 2.05) is 0 Å². The molecule has 1 aromatic carbocycles.